The molecule has 1 aromatic carbocycles. The summed E-state index contributed by atoms with van der Waals surface area (Å²) in [6, 6.07) is 7.54. The normalized spacial score (nSPS) is 20.3. The molecular weight excluding hydrogens is 430 g/mol. The molecule has 0 spiro atoms. The maximum atomic E-state index is 12.7. The zero-order chi connectivity index (χ0) is 22.8. The number of aliphatic hydroxyl groups is 1. The minimum Gasteiger partial charge on any atom is -0.399 e. The molecule has 4 rings (SSSR count). The van der Waals surface area contributed by atoms with Gasteiger partial charge in [-0.05, 0) is 55.7 Å². The molecule has 2 saturated heterocycles. The lowest BCUT2D eigenvalue weighted by Crippen LogP contribution is -2.44. The van der Waals surface area contributed by atoms with Crippen molar-refractivity contribution in [1.29, 1.82) is 0 Å². The van der Waals surface area contributed by atoms with Gasteiger partial charge in [0.1, 0.15) is 0 Å². The van der Waals surface area contributed by atoms with Gasteiger partial charge in [0.15, 0.2) is 11.2 Å². The fourth-order valence-corrected chi connectivity index (χ4v) is 4.61. The van der Waals surface area contributed by atoms with Crippen molar-refractivity contribution in [3.8, 4) is 17.4 Å². The number of anilines is 1. The van der Waals surface area contributed by atoms with Gasteiger partial charge >= 0.3 is 6.09 Å². The minimum atomic E-state index is -1.40. The topological polar surface area (TPSA) is 99.2 Å². The van der Waals surface area contributed by atoms with Crippen molar-refractivity contribution in [2.75, 3.05) is 24.5 Å². The Kier molecular flexibility index (Phi) is 6.17. The summed E-state index contributed by atoms with van der Waals surface area (Å²) in [5.41, 5.74) is 1.90. The molecule has 2 fully saturated rings. The van der Waals surface area contributed by atoms with Crippen molar-refractivity contribution in [2.45, 2.75) is 31.9 Å². The van der Waals surface area contributed by atoms with Crippen molar-refractivity contribution in [3.05, 3.63) is 46.3 Å². The van der Waals surface area contributed by atoms with Gasteiger partial charge in [-0.2, -0.15) is 0 Å². The highest BCUT2D eigenvalue weighted by atomic mass is 32.1. The Bertz CT molecular complexity index is 1100. The first-order chi connectivity index (χ1) is 15.4. The molecule has 2 aromatic rings. The first-order valence-corrected chi connectivity index (χ1v) is 11.1. The van der Waals surface area contributed by atoms with Crippen LogP contribution in [0.1, 0.15) is 33.6 Å². The molecule has 2 aliphatic heterocycles. The number of likely N-dealkylation sites (tertiary alicyclic amines) is 1. The second-order valence-electron chi connectivity index (χ2n) is 7.80. The van der Waals surface area contributed by atoms with Crippen molar-refractivity contribution >= 4 is 34.9 Å². The van der Waals surface area contributed by atoms with Crippen LogP contribution in [0.5, 0.6) is 5.06 Å². The molecule has 2 unspecified atom stereocenters. The van der Waals surface area contributed by atoms with Crippen molar-refractivity contribution in [2.24, 2.45) is 0 Å². The molecule has 3 amide bonds. The van der Waals surface area contributed by atoms with E-state index in [0.717, 1.165) is 42.8 Å². The number of nitrogens with zero attached hydrogens (tertiary/aromatic N) is 2. The van der Waals surface area contributed by atoms with Gasteiger partial charge in [-0.3, -0.25) is 9.59 Å². The first-order valence-electron chi connectivity index (χ1n) is 10.3. The number of ether oxygens (including phenoxy) is 1. The molecule has 0 radical (unpaired) electrons. The number of nitrogens with one attached hydrogen (secondary N) is 1. The number of hydrogen-bond donors (Lipinski definition) is 2. The number of terminal acetylenes is 1. The minimum absolute atomic E-state index is 0.0109. The van der Waals surface area contributed by atoms with Crippen LogP contribution in [0.3, 0.4) is 0 Å². The lowest BCUT2D eigenvalue weighted by atomic mass is 10.1. The molecule has 2 N–H and O–H groups in total. The summed E-state index contributed by atoms with van der Waals surface area (Å²) in [4.78, 5) is 41.4. The van der Waals surface area contributed by atoms with E-state index < -0.39 is 24.1 Å². The fraction of sp³-hybridized carbons (Fsp3) is 0.348. The summed E-state index contributed by atoms with van der Waals surface area (Å²) in [6.07, 6.45) is 5.14. The van der Waals surface area contributed by atoms with Crippen LogP contribution in [0.15, 0.2) is 30.3 Å². The van der Waals surface area contributed by atoms with Crippen LogP contribution in [0, 0.1) is 19.3 Å². The number of aryl methyl sites for hydroxylation is 1. The molecule has 9 heteroatoms. The summed E-state index contributed by atoms with van der Waals surface area (Å²) in [6.45, 7) is 3.42. The first kappa shape index (κ1) is 21.9. The van der Waals surface area contributed by atoms with Crippen LogP contribution in [0.25, 0.3) is 0 Å². The Morgan fingerprint density at radius 3 is 2.66 bits per heavy atom. The number of aliphatic hydroxyl groups excluding tert-OH is 1. The van der Waals surface area contributed by atoms with E-state index in [0.29, 0.717) is 21.2 Å². The summed E-state index contributed by atoms with van der Waals surface area (Å²) < 4.78 is 5.18. The Morgan fingerprint density at radius 1 is 1.25 bits per heavy atom. The predicted molar refractivity (Wildman–Crippen MR) is 120 cm³/mol. The van der Waals surface area contributed by atoms with E-state index in [9.17, 15) is 19.5 Å². The summed E-state index contributed by atoms with van der Waals surface area (Å²) in [7, 11) is 0. The van der Waals surface area contributed by atoms with Gasteiger partial charge < -0.3 is 25.0 Å². The molecular formula is C23H23N3O5S. The number of benzene rings is 1. The third kappa shape index (κ3) is 4.33. The van der Waals surface area contributed by atoms with Crippen molar-refractivity contribution < 1.29 is 24.2 Å². The molecule has 32 heavy (non-hydrogen) atoms. The highest BCUT2D eigenvalue weighted by Gasteiger charge is 2.41. The number of carbonyl (C=O) groups excluding carboxylic acids is 3. The van der Waals surface area contributed by atoms with Gasteiger partial charge in [0.2, 0.25) is 0 Å². The lowest BCUT2D eigenvalue weighted by molar-refractivity contribution is -0.124. The SMILES string of the molecule is C#Cc1ccc(OC(=O)NC2CN(c3ccc(C(=O)N4CCCC4)c(C)c3)C(=O)C2O)s1. The van der Waals surface area contributed by atoms with Crippen LogP contribution >= 0.6 is 11.3 Å². The van der Waals surface area contributed by atoms with E-state index in [2.05, 4.69) is 11.2 Å². The summed E-state index contributed by atoms with van der Waals surface area (Å²) >= 11 is 1.14. The number of carbonyl (C=O) groups is 3. The third-order valence-electron chi connectivity index (χ3n) is 5.64. The molecule has 8 nitrogen and oxygen atoms in total. The number of thiophene rings is 1. The molecule has 166 valence electrons. The summed E-state index contributed by atoms with van der Waals surface area (Å²) in [5, 5.41) is 13.2. The highest BCUT2D eigenvalue weighted by molar-refractivity contribution is 7.14. The molecule has 1 aromatic heterocycles. The number of rotatable bonds is 4. The Morgan fingerprint density at radius 2 is 2.00 bits per heavy atom. The van der Waals surface area contributed by atoms with Gasteiger partial charge in [-0.1, -0.05) is 17.3 Å². The van der Waals surface area contributed by atoms with Gasteiger partial charge in [0.05, 0.1) is 10.9 Å². The van der Waals surface area contributed by atoms with Gasteiger partial charge in [-0.15, -0.1) is 6.42 Å². The van der Waals surface area contributed by atoms with E-state index in [1.54, 1.807) is 30.3 Å². The molecule has 3 heterocycles. The summed E-state index contributed by atoms with van der Waals surface area (Å²) in [5.74, 6) is 1.91. The van der Waals surface area contributed by atoms with Crippen LogP contribution in [-0.4, -0.2) is 59.7 Å². The third-order valence-corrected chi connectivity index (χ3v) is 6.54. The average molecular weight is 454 g/mol. The average Bonchev–Trinajstić information content (AvgIpc) is 3.51. The Hall–Kier alpha value is -3.35. The Balaban J connectivity index is 1.42. The van der Waals surface area contributed by atoms with E-state index >= 15 is 0 Å². The van der Waals surface area contributed by atoms with Crippen molar-refractivity contribution in [3.63, 3.8) is 0 Å². The van der Waals surface area contributed by atoms with E-state index in [1.807, 2.05) is 11.8 Å². The van der Waals surface area contributed by atoms with E-state index in [1.165, 1.54) is 4.90 Å². The lowest BCUT2D eigenvalue weighted by Gasteiger charge is -2.20. The van der Waals surface area contributed by atoms with E-state index in [-0.39, 0.29) is 12.5 Å². The maximum Gasteiger partial charge on any atom is 0.413 e. The molecule has 0 bridgehead atoms. The zero-order valence-electron chi connectivity index (χ0n) is 17.5. The van der Waals surface area contributed by atoms with Gasteiger partial charge in [0, 0.05) is 30.9 Å². The van der Waals surface area contributed by atoms with Crippen LogP contribution in [0.4, 0.5) is 10.5 Å². The number of amides is 3. The number of hydrogen-bond acceptors (Lipinski definition) is 6. The Labute approximate surface area is 189 Å². The highest BCUT2D eigenvalue weighted by Crippen LogP contribution is 2.27. The van der Waals surface area contributed by atoms with Crippen LogP contribution in [-0.2, 0) is 4.79 Å². The predicted octanol–water partition coefficient (Wildman–Crippen LogP) is 2.14. The monoisotopic (exact) mass is 453 g/mol. The fourth-order valence-electron chi connectivity index (χ4n) is 3.95. The molecule has 0 saturated carbocycles. The molecule has 2 atom stereocenters. The standard InChI is InChI=1S/C23H23N3O5S/c1-3-16-7-9-19(32-16)31-23(30)24-18-13-26(22(29)20(18)27)15-6-8-17(14(2)12-15)21(28)25-10-4-5-11-25/h1,6-9,12,18,20,27H,4-5,10-11,13H2,2H3,(H,24,30). The van der Waals surface area contributed by atoms with Crippen LogP contribution < -0.4 is 15.0 Å². The largest absolute Gasteiger partial charge is 0.413 e. The van der Waals surface area contributed by atoms with Gasteiger partial charge in [0.25, 0.3) is 11.8 Å². The maximum absolute atomic E-state index is 12.7. The van der Waals surface area contributed by atoms with Crippen LogP contribution in [0.2, 0.25) is 0 Å². The second kappa shape index (κ2) is 9.02. The van der Waals surface area contributed by atoms with Crippen molar-refractivity contribution in [1.82, 2.24) is 10.2 Å². The van der Waals surface area contributed by atoms with Gasteiger partial charge in [-0.25, -0.2) is 4.79 Å². The van der Waals surface area contributed by atoms with E-state index in [4.69, 9.17) is 11.2 Å². The second-order valence-corrected chi connectivity index (χ2v) is 8.84. The molecule has 0 aliphatic carbocycles. The molecule has 2 aliphatic rings. The zero-order valence-corrected chi connectivity index (χ0v) is 18.4. The quantitative estimate of drug-likeness (QED) is 0.691. The smallest absolute Gasteiger partial charge is 0.399 e.